The minimum atomic E-state index is -0.434. The van der Waals surface area contributed by atoms with Crippen LogP contribution in [0.2, 0.25) is 0 Å². The van der Waals surface area contributed by atoms with Gasteiger partial charge in [-0.15, -0.1) is 0 Å². The smallest absolute Gasteiger partial charge is 0.270 e. The number of nitro benzene ring substituents is 1. The fourth-order valence-corrected chi connectivity index (χ4v) is 1.67. The number of hydrogen-bond donors (Lipinski definition) is 1. The molecule has 0 saturated carbocycles. The summed E-state index contributed by atoms with van der Waals surface area (Å²) < 4.78 is 1.70. The highest BCUT2D eigenvalue weighted by atomic mass is 16.6. The summed E-state index contributed by atoms with van der Waals surface area (Å²) in [4.78, 5) is 14.4. The zero-order valence-corrected chi connectivity index (χ0v) is 10.6. The van der Waals surface area contributed by atoms with Crippen molar-refractivity contribution in [3.63, 3.8) is 0 Å². The molecule has 1 atom stereocenters. The second-order valence-corrected chi connectivity index (χ2v) is 4.44. The van der Waals surface area contributed by atoms with E-state index in [-0.39, 0.29) is 5.69 Å². The van der Waals surface area contributed by atoms with E-state index in [0.29, 0.717) is 30.4 Å². The average molecular weight is 261 g/mol. The van der Waals surface area contributed by atoms with Crippen molar-refractivity contribution in [1.29, 1.82) is 0 Å². The quantitative estimate of drug-likeness (QED) is 0.648. The van der Waals surface area contributed by atoms with Crippen molar-refractivity contribution in [3.8, 4) is 11.4 Å². The van der Waals surface area contributed by atoms with E-state index in [1.165, 1.54) is 12.1 Å². The van der Waals surface area contributed by atoms with Crippen molar-refractivity contribution in [2.45, 2.75) is 13.5 Å². The number of rotatable bonds is 5. The van der Waals surface area contributed by atoms with Gasteiger partial charge in [0.25, 0.3) is 5.69 Å². The van der Waals surface area contributed by atoms with Crippen molar-refractivity contribution in [3.05, 3.63) is 40.7 Å². The van der Waals surface area contributed by atoms with Crippen LogP contribution in [-0.2, 0) is 6.54 Å². The van der Waals surface area contributed by atoms with E-state index in [9.17, 15) is 10.1 Å². The molecule has 1 heterocycles. The van der Waals surface area contributed by atoms with Gasteiger partial charge in [0.05, 0.1) is 4.92 Å². The molecule has 7 heteroatoms. The first-order valence-corrected chi connectivity index (χ1v) is 5.94. The van der Waals surface area contributed by atoms with Gasteiger partial charge in [-0.1, -0.05) is 19.1 Å². The molecule has 19 heavy (non-hydrogen) atoms. The Kier molecular flexibility index (Phi) is 3.86. The first-order chi connectivity index (χ1) is 9.10. The zero-order valence-electron chi connectivity index (χ0n) is 10.6. The van der Waals surface area contributed by atoms with Crippen LogP contribution in [-0.4, -0.2) is 26.2 Å². The first-order valence-electron chi connectivity index (χ1n) is 5.94. The second-order valence-electron chi connectivity index (χ2n) is 4.44. The Morgan fingerprint density at radius 1 is 1.53 bits per heavy atom. The van der Waals surface area contributed by atoms with Gasteiger partial charge in [-0.25, -0.2) is 4.98 Å². The Balaban J connectivity index is 2.22. The van der Waals surface area contributed by atoms with Gasteiger partial charge in [-0.3, -0.25) is 14.8 Å². The van der Waals surface area contributed by atoms with E-state index in [0.717, 1.165) is 0 Å². The molecule has 0 aliphatic heterocycles. The molecule has 7 nitrogen and oxygen atoms in total. The molecule has 0 spiro atoms. The Morgan fingerprint density at radius 3 is 3.00 bits per heavy atom. The van der Waals surface area contributed by atoms with Crippen LogP contribution >= 0.6 is 0 Å². The van der Waals surface area contributed by atoms with Crippen molar-refractivity contribution in [2.75, 3.05) is 6.54 Å². The van der Waals surface area contributed by atoms with Gasteiger partial charge in [0.1, 0.15) is 6.33 Å². The maximum absolute atomic E-state index is 10.7. The van der Waals surface area contributed by atoms with Crippen molar-refractivity contribution >= 4 is 5.69 Å². The highest BCUT2D eigenvalue weighted by molar-refractivity contribution is 5.58. The maximum atomic E-state index is 10.7. The topological polar surface area (TPSA) is 99.9 Å². The van der Waals surface area contributed by atoms with E-state index >= 15 is 0 Å². The van der Waals surface area contributed by atoms with Crippen LogP contribution in [0, 0.1) is 16.0 Å². The number of aromatic nitrogens is 3. The highest BCUT2D eigenvalue weighted by Crippen LogP contribution is 2.20. The molecule has 2 N–H and O–H groups in total. The molecular formula is C12H15N5O2. The zero-order chi connectivity index (χ0) is 13.8. The summed E-state index contributed by atoms with van der Waals surface area (Å²) in [7, 11) is 0. The molecule has 0 aliphatic carbocycles. The molecule has 0 fully saturated rings. The van der Waals surface area contributed by atoms with E-state index < -0.39 is 4.92 Å². The number of benzene rings is 1. The molecule has 1 aromatic carbocycles. The largest absolute Gasteiger partial charge is 0.330 e. The Hall–Kier alpha value is -2.28. The average Bonchev–Trinajstić information content (AvgIpc) is 2.87. The van der Waals surface area contributed by atoms with Gasteiger partial charge >= 0.3 is 0 Å². The van der Waals surface area contributed by atoms with Crippen LogP contribution in [0.1, 0.15) is 6.92 Å². The lowest BCUT2D eigenvalue weighted by Gasteiger charge is -2.06. The summed E-state index contributed by atoms with van der Waals surface area (Å²) in [6, 6.07) is 6.28. The first kappa shape index (κ1) is 13.2. The van der Waals surface area contributed by atoms with Gasteiger partial charge in [0.15, 0.2) is 5.82 Å². The molecule has 1 aromatic heterocycles. The summed E-state index contributed by atoms with van der Waals surface area (Å²) in [5.41, 5.74) is 6.22. The molecule has 0 amide bonds. The minimum Gasteiger partial charge on any atom is -0.330 e. The van der Waals surface area contributed by atoms with Gasteiger partial charge < -0.3 is 5.73 Å². The standard InChI is InChI=1S/C12H15N5O2/c1-9(6-13)7-16-8-14-12(15-16)10-3-2-4-11(5-10)17(18)19/h2-5,8-9H,6-7,13H2,1H3. The third kappa shape index (κ3) is 3.14. The van der Waals surface area contributed by atoms with Crippen LogP contribution in [0.4, 0.5) is 5.69 Å². The molecule has 1 unspecified atom stereocenters. The van der Waals surface area contributed by atoms with Crippen LogP contribution in [0.3, 0.4) is 0 Å². The van der Waals surface area contributed by atoms with Crippen molar-refractivity contribution in [2.24, 2.45) is 11.7 Å². The summed E-state index contributed by atoms with van der Waals surface area (Å²) in [6.45, 7) is 3.28. The van der Waals surface area contributed by atoms with Crippen molar-refractivity contribution < 1.29 is 4.92 Å². The van der Waals surface area contributed by atoms with Crippen LogP contribution in [0.25, 0.3) is 11.4 Å². The molecule has 2 aromatic rings. The van der Waals surface area contributed by atoms with Gasteiger partial charge in [0.2, 0.25) is 0 Å². The van der Waals surface area contributed by atoms with Crippen molar-refractivity contribution in [1.82, 2.24) is 14.8 Å². The Labute approximate surface area is 110 Å². The van der Waals surface area contributed by atoms with E-state index in [1.807, 2.05) is 6.92 Å². The minimum absolute atomic E-state index is 0.0316. The van der Waals surface area contributed by atoms with Gasteiger partial charge in [-0.2, -0.15) is 5.10 Å². The molecule has 100 valence electrons. The van der Waals surface area contributed by atoms with Gasteiger partial charge in [0, 0.05) is 24.2 Å². The Bertz CT molecular complexity index is 581. The predicted molar refractivity (Wildman–Crippen MR) is 70.3 cm³/mol. The normalized spacial score (nSPS) is 12.3. The molecule has 0 bridgehead atoms. The lowest BCUT2D eigenvalue weighted by Crippen LogP contribution is -2.17. The van der Waals surface area contributed by atoms with Gasteiger partial charge in [-0.05, 0) is 12.5 Å². The summed E-state index contributed by atoms with van der Waals surface area (Å²) in [5.74, 6) is 0.785. The van der Waals surface area contributed by atoms with E-state index in [1.54, 1.807) is 23.1 Å². The van der Waals surface area contributed by atoms with E-state index in [4.69, 9.17) is 5.73 Å². The summed E-state index contributed by atoms with van der Waals surface area (Å²) >= 11 is 0. The number of nitrogens with two attached hydrogens (primary N) is 1. The highest BCUT2D eigenvalue weighted by Gasteiger charge is 2.11. The summed E-state index contributed by atoms with van der Waals surface area (Å²) in [6.07, 6.45) is 1.61. The second kappa shape index (κ2) is 5.57. The molecule has 0 saturated heterocycles. The Morgan fingerprint density at radius 2 is 2.32 bits per heavy atom. The fraction of sp³-hybridized carbons (Fsp3) is 0.333. The lowest BCUT2D eigenvalue weighted by molar-refractivity contribution is -0.384. The number of hydrogen-bond acceptors (Lipinski definition) is 5. The molecule has 0 aliphatic rings. The maximum Gasteiger partial charge on any atom is 0.270 e. The lowest BCUT2D eigenvalue weighted by atomic mass is 10.2. The predicted octanol–water partition coefficient (Wildman–Crippen LogP) is 1.45. The van der Waals surface area contributed by atoms with Crippen LogP contribution in [0.15, 0.2) is 30.6 Å². The number of non-ortho nitro benzene ring substituents is 1. The third-order valence-corrected chi connectivity index (χ3v) is 2.75. The number of nitrogens with zero attached hydrogens (tertiary/aromatic N) is 4. The summed E-state index contributed by atoms with van der Waals surface area (Å²) in [5, 5.41) is 15.0. The van der Waals surface area contributed by atoms with Crippen LogP contribution in [0.5, 0.6) is 0 Å². The van der Waals surface area contributed by atoms with E-state index in [2.05, 4.69) is 10.1 Å². The fourth-order valence-electron chi connectivity index (χ4n) is 1.67. The molecular weight excluding hydrogens is 246 g/mol. The van der Waals surface area contributed by atoms with Crippen LogP contribution < -0.4 is 5.73 Å². The monoisotopic (exact) mass is 261 g/mol. The third-order valence-electron chi connectivity index (χ3n) is 2.75. The number of nitro groups is 1. The molecule has 2 rings (SSSR count). The molecule has 0 radical (unpaired) electrons. The SMILES string of the molecule is CC(CN)Cn1cnc(-c2cccc([N+](=O)[O-])c2)n1.